The molecule has 0 bridgehead atoms. The average molecular weight is 379 g/mol. The monoisotopic (exact) mass is 378 g/mol. The lowest BCUT2D eigenvalue weighted by molar-refractivity contribution is 0.601. The number of sulfonamides is 1. The number of aromatic nitrogens is 2. The fourth-order valence-electron chi connectivity index (χ4n) is 1.96. The molecule has 0 aliphatic carbocycles. The summed E-state index contributed by atoms with van der Waals surface area (Å²) in [7, 11) is -3.80. The maximum atomic E-state index is 13.6. The topological polar surface area (TPSA) is 84.0 Å². The molecule has 0 unspecified atom stereocenters. The highest BCUT2D eigenvalue weighted by Gasteiger charge is 2.15. The van der Waals surface area contributed by atoms with E-state index in [2.05, 4.69) is 20.2 Å². The van der Waals surface area contributed by atoms with Gasteiger partial charge in [0.15, 0.2) is 11.6 Å². The summed E-state index contributed by atoms with van der Waals surface area (Å²) in [6, 6.07) is 14.7. The quantitative estimate of drug-likeness (QED) is 0.705. The van der Waals surface area contributed by atoms with Gasteiger partial charge in [-0.2, -0.15) is 0 Å². The van der Waals surface area contributed by atoms with E-state index in [-0.39, 0.29) is 22.2 Å². The number of anilines is 3. The Labute approximate surface area is 148 Å². The Kier molecular flexibility index (Phi) is 4.82. The van der Waals surface area contributed by atoms with Gasteiger partial charge in [-0.05, 0) is 48.5 Å². The van der Waals surface area contributed by atoms with Crippen LogP contribution in [-0.4, -0.2) is 18.6 Å². The van der Waals surface area contributed by atoms with Crippen LogP contribution < -0.4 is 10.0 Å². The van der Waals surface area contributed by atoms with Crippen LogP contribution in [0.15, 0.2) is 65.6 Å². The Hall–Kier alpha value is -2.71. The molecule has 25 heavy (non-hydrogen) atoms. The lowest BCUT2D eigenvalue weighted by atomic mass is 10.3. The van der Waals surface area contributed by atoms with E-state index in [9.17, 15) is 12.8 Å². The van der Waals surface area contributed by atoms with Gasteiger partial charge in [0.2, 0.25) is 0 Å². The summed E-state index contributed by atoms with van der Waals surface area (Å²) < 4.78 is 40.4. The van der Waals surface area contributed by atoms with Gasteiger partial charge in [0.1, 0.15) is 5.82 Å². The van der Waals surface area contributed by atoms with Crippen LogP contribution in [0.4, 0.5) is 21.7 Å². The molecule has 0 fully saturated rings. The molecule has 0 spiro atoms. The van der Waals surface area contributed by atoms with Crippen molar-refractivity contribution in [2.45, 2.75) is 4.90 Å². The first-order chi connectivity index (χ1) is 11.9. The smallest absolute Gasteiger partial charge is 0.263 e. The van der Waals surface area contributed by atoms with Crippen molar-refractivity contribution in [3.63, 3.8) is 0 Å². The van der Waals surface area contributed by atoms with Crippen molar-refractivity contribution in [3.8, 4) is 0 Å². The normalized spacial score (nSPS) is 11.1. The lowest BCUT2D eigenvalue weighted by Crippen LogP contribution is -2.14. The van der Waals surface area contributed by atoms with Gasteiger partial charge in [0.05, 0.1) is 10.6 Å². The van der Waals surface area contributed by atoms with Crippen LogP contribution in [0, 0.1) is 5.82 Å². The zero-order valence-corrected chi connectivity index (χ0v) is 14.2. The number of para-hydroxylation sites is 1. The van der Waals surface area contributed by atoms with E-state index in [1.54, 1.807) is 18.2 Å². The number of hydrogen-bond acceptors (Lipinski definition) is 5. The molecule has 3 aromatic rings. The van der Waals surface area contributed by atoms with E-state index in [1.807, 2.05) is 0 Å². The number of rotatable bonds is 5. The minimum Gasteiger partial charge on any atom is -0.336 e. The summed E-state index contributed by atoms with van der Waals surface area (Å²) in [4.78, 5) is 0.0484. The standard InChI is InChI=1S/C16H12ClFN4O2S/c17-11-5-7-12(8-6-11)25(23,24)22-16-10-9-15(20-21-16)19-14-4-2-1-3-13(14)18/h1-10H,(H,19,20)(H,21,22). The number of halogens is 2. The van der Waals surface area contributed by atoms with Crippen LogP contribution in [0.3, 0.4) is 0 Å². The number of nitrogens with one attached hydrogen (secondary N) is 2. The van der Waals surface area contributed by atoms with Crippen molar-refractivity contribution in [3.05, 3.63) is 71.5 Å². The maximum absolute atomic E-state index is 13.6. The molecular formula is C16H12ClFN4O2S. The van der Waals surface area contributed by atoms with Crippen molar-refractivity contribution < 1.29 is 12.8 Å². The molecule has 0 aliphatic heterocycles. The summed E-state index contributed by atoms with van der Waals surface area (Å²) in [5, 5.41) is 10.8. The van der Waals surface area contributed by atoms with E-state index in [0.29, 0.717) is 5.02 Å². The minimum atomic E-state index is -3.80. The third kappa shape index (κ3) is 4.23. The Balaban J connectivity index is 1.74. The Morgan fingerprint density at radius 1 is 0.880 bits per heavy atom. The highest BCUT2D eigenvalue weighted by atomic mass is 35.5. The maximum Gasteiger partial charge on any atom is 0.263 e. The number of nitrogens with zero attached hydrogens (tertiary/aromatic N) is 2. The molecule has 1 heterocycles. The van der Waals surface area contributed by atoms with Crippen LogP contribution in [0.5, 0.6) is 0 Å². The van der Waals surface area contributed by atoms with Crippen molar-refractivity contribution in [2.24, 2.45) is 0 Å². The van der Waals surface area contributed by atoms with Crippen molar-refractivity contribution in [1.82, 2.24) is 10.2 Å². The fourth-order valence-corrected chi connectivity index (χ4v) is 3.09. The summed E-state index contributed by atoms with van der Waals surface area (Å²) in [6.07, 6.45) is 0. The first-order valence-electron chi connectivity index (χ1n) is 7.08. The third-order valence-corrected chi connectivity index (χ3v) is 4.79. The van der Waals surface area contributed by atoms with Crippen LogP contribution in [0.2, 0.25) is 5.02 Å². The van der Waals surface area contributed by atoms with Crippen molar-refractivity contribution >= 4 is 38.9 Å². The molecule has 0 saturated heterocycles. The molecule has 0 atom stereocenters. The molecule has 0 saturated carbocycles. The summed E-state index contributed by atoms with van der Waals surface area (Å²) in [5.74, 6) is -0.120. The van der Waals surface area contributed by atoms with E-state index < -0.39 is 15.8 Å². The Bertz CT molecular complexity index is 980. The molecule has 2 aromatic carbocycles. The second-order valence-electron chi connectivity index (χ2n) is 4.97. The Morgan fingerprint density at radius 3 is 2.16 bits per heavy atom. The molecule has 0 radical (unpaired) electrons. The van der Waals surface area contributed by atoms with Gasteiger partial charge in [0, 0.05) is 5.02 Å². The summed E-state index contributed by atoms with van der Waals surface area (Å²) in [6.45, 7) is 0. The van der Waals surface area contributed by atoms with Gasteiger partial charge in [-0.15, -0.1) is 10.2 Å². The first-order valence-corrected chi connectivity index (χ1v) is 8.94. The number of hydrogen-bond donors (Lipinski definition) is 2. The average Bonchev–Trinajstić information content (AvgIpc) is 2.59. The fraction of sp³-hybridized carbons (Fsp3) is 0. The summed E-state index contributed by atoms with van der Waals surface area (Å²) >= 11 is 5.75. The molecular weight excluding hydrogens is 367 g/mol. The third-order valence-electron chi connectivity index (χ3n) is 3.16. The molecule has 0 amide bonds. The highest BCUT2D eigenvalue weighted by Crippen LogP contribution is 2.20. The van der Waals surface area contributed by atoms with Gasteiger partial charge >= 0.3 is 0 Å². The van der Waals surface area contributed by atoms with Crippen LogP contribution in [0.25, 0.3) is 0 Å². The number of benzene rings is 2. The lowest BCUT2D eigenvalue weighted by Gasteiger charge is -2.08. The van der Waals surface area contributed by atoms with Gasteiger partial charge in [-0.3, -0.25) is 4.72 Å². The molecule has 1 aromatic heterocycles. The van der Waals surface area contributed by atoms with Crippen molar-refractivity contribution in [2.75, 3.05) is 10.0 Å². The molecule has 2 N–H and O–H groups in total. The van der Waals surface area contributed by atoms with Crippen LogP contribution in [-0.2, 0) is 10.0 Å². The van der Waals surface area contributed by atoms with E-state index in [0.717, 1.165) is 0 Å². The van der Waals surface area contributed by atoms with Gasteiger partial charge in [-0.25, -0.2) is 12.8 Å². The molecule has 9 heteroatoms. The van der Waals surface area contributed by atoms with E-state index in [1.165, 1.54) is 42.5 Å². The van der Waals surface area contributed by atoms with E-state index in [4.69, 9.17) is 11.6 Å². The zero-order valence-electron chi connectivity index (χ0n) is 12.6. The first kappa shape index (κ1) is 17.1. The van der Waals surface area contributed by atoms with E-state index >= 15 is 0 Å². The van der Waals surface area contributed by atoms with Crippen molar-refractivity contribution in [1.29, 1.82) is 0 Å². The molecule has 6 nitrogen and oxygen atoms in total. The zero-order chi connectivity index (χ0) is 17.9. The highest BCUT2D eigenvalue weighted by molar-refractivity contribution is 7.92. The minimum absolute atomic E-state index is 0.0361. The molecule has 0 aliphatic rings. The predicted octanol–water partition coefficient (Wildman–Crippen LogP) is 3.81. The summed E-state index contributed by atoms with van der Waals surface area (Å²) in [5.41, 5.74) is 0.242. The van der Waals surface area contributed by atoms with Gasteiger partial charge in [0.25, 0.3) is 10.0 Å². The van der Waals surface area contributed by atoms with Crippen LogP contribution in [0.1, 0.15) is 0 Å². The second kappa shape index (κ2) is 7.04. The van der Waals surface area contributed by atoms with Gasteiger partial charge in [-0.1, -0.05) is 23.7 Å². The SMILES string of the molecule is O=S(=O)(Nc1ccc(Nc2ccccc2F)nn1)c1ccc(Cl)cc1. The predicted molar refractivity (Wildman–Crippen MR) is 94.0 cm³/mol. The Morgan fingerprint density at radius 2 is 1.52 bits per heavy atom. The molecule has 128 valence electrons. The second-order valence-corrected chi connectivity index (χ2v) is 7.09. The largest absolute Gasteiger partial charge is 0.336 e. The molecule has 3 rings (SSSR count). The van der Waals surface area contributed by atoms with Crippen LogP contribution >= 0.6 is 11.6 Å². The van der Waals surface area contributed by atoms with Gasteiger partial charge < -0.3 is 5.32 Å².